The summed E-state index contributed by atoms with van der Waals surface area (Å²) in [5, 5.41) is 6.87. The molecule has 0 aromatic carbocycles. The average molecular weight is 291 g/mol. The van der Waals surface area contributed by atoms with Crippen molar-refractivity contribution in [1.82, 2.24) is 15.6 Å². The lowest BCUT2D eigenvalue weighted by atomic mass is 10.2. The highest BCUT2D eigenvalue weighted by atomic mass is 16.5. The zero-order valence-corrected chi connectivity index (χ0v) is 12.7. The molecule has 5 heteroatoms. The monoisotopic (exact) mass is 291 g/mol. The van der Waals surface area contributed by atoms with E-state index >= 15 is 0 Å². The van der Waals surface area contributed by atoms with Crippen LogP contribution in [0.4, 0.5) is 0 Å². The lowest BCUT2D eigenvalue weighted by molar-refractivity contribution is 0.228. The Balaban J connectivity index is 1.58. The maximum Gasteiger partial charge on any atom is 0.257 e. The number of pyridine rings is 1. The summed E-state index contributed by atoms with van der Waals surface area (Å²) in [5.74, 6) is 1.38. The van der Waals surface area contributed by atoms with Crippen LogP contribution in [0.5, 0.6) is 11.6 Å². The second-order valence-corrected chi connectivity index (χ2v) is 5.96. The summed E-state index contributed by atoms with van der Waals surface area (Å²) >= 11 is 0. The molecule has 2 aliphatic rings. The highest BCUT2D eigenvalue weighted by molar-refractivity contribution is 5.34. The van der Waals surface area contributed by atoms with Crippen LogP contribution >= 0.6 is 0 Å². The second kappa shape index (κ2) is 7.09. The third-order valence-corrected chi connectivity index (χ3v) is 4.15. The van der Waals surface area contributed by atoms with E-state index in [9.17, 15) is 0 Å². The number of ether oxygens (including phenoxy) is 2. The molecule has 3 heterocycles. The van der Waals surface area contributed by atoms with E-state index in [4.69, 9.17) is 9.47 Å². The van der Waals surface area contributed by atoms with E-state index in [0.717, 1.165) is 24.5 Å². The van der Waals surface area contributed by atoms with Crippen molar-refractivity contribution in [2.75, 3.05) is 26.3 Å². The van der Waals surface area contributed by atoms with Crippen molar-refractivity contribution in [3.8, 4) is 11.6 Å². The minimum atomic E-state index is 0.441. The molecule has 5 nitrogen and oxygen atoms in total. The molecule has 1 aromatic rings. The summed E-state index contributed by atoms with van der Waals surface area (Å²) in [6, 6.07) is 4.83. The van der Waals surface area contributed by atoms with Gasteiger partial charge in [-0.1, -0.05) is 0 Å². The summed E-state index contributed by atoms with van der Waals surface area (Å²) in [4.78, 5) is 4.48. The van der Waals surface area contributed by atoms with Crippen LogP contribution in [-0.4, -0.2) is 43.4 Å². The van der Waals surface area contributed by atoms with E-state index in [0.29, 0.717) is 31.2 Å². The van der Waals surface area contributed by atoms with Crippen LogP contribution in [-0.2, 0) is 0 Å². The van der Waals surface area contributed by atoms with Gasteiger partial charge >= 0.3 is 0 Å². The molecule has 3 rings (SSSR count). The molecule has 1 aromatic heterocycles. The third kappa shape index (κ3) is 4.08. The van der Waals surface area contributed by atoms with Crippen molar-refractivity contribution >= 4 is 0 Å². The number of rotatable bonds is 6. The second-order valence-electron chi connectivity index (χ2n) is 5.96. The Morgan fingerprint density at radius 1 is 1.05 bits per heavy atom. The van der Waals surface area contributed by atoms with Crippen LogP contribution in [0.3, 0.4) is 0 Å². The molecule has 0 aliphatic carbocycles. The van der Waals surface area contributed by atoms with Gasteiger partial charge in [-0.15, -0.1) is 0 Å². The maximum atomic E-state index is 5.92. The Bertz CT molecular complexity index is 455. The molecule has 2 aliphatic heterocycles. The molecular weight excluding hydrogens is 266 g/mol. The largest absolute Gasteiger partial charge is 0.486 e. The highest BCUT2D eigenvalue weighted by Gasteiger charge is 2.18. The van der Waals surface area contributed by atoms with E-state index in [2.05, 4.69) is 15.6 Å². The Hall–Kier alpha value is -1.33. The van der Waals surface area contributed by atoms with E-state index in [1.807, 2.05) is 19.1 Å². The van der Waals surface area contributed by atoms with Crippen molar-refractivity contribution in [2.24, 2.45) is 0 Å². The third-order valence-electron chi connectivity index (χ3n) is 4.15. The Morgan fingerprint density at radius 2 is 1.71 bits per heavy atom. The summed E-state index contributed by atoms with van der Waals surface area (Å²) < 4.78 is 11.8. The van der Waals surface area contributed by atoms with Gasteiger partial charge in [0.05, 0.1) is 0 Å². The molecule has 0 radical (unpaired) electrons. The molecule has 0 spiro atoms. The van der Waals surface area contributed by atoms with Gasteiger partial charge < -0.3 is 20.1 Å². The number of nitrogens with zero attached hydrogens (tertiary/aromatic N) is 1. The van der Waals surface area contributed by atoms with Gasteiger partial charge in [0, 0.05) is 17.8 Å². The first kappa shape index (κ1) is 14.6. The molecule has 0 saturated carbocycles. The van der Waals surface area contributed by atoms with Crippen LogP contribution in [0.2, 0.25) is 0 Å². The van der Waals surface area contributed by atoms with E-state index in [-0.39, 0.29) is 0 Å². The minimum absolute atomic E-state index is 0.441. The lowest BCUT2D eigenvalue weighted by Gasteiger charge is -2.17. The molecule has 0 amide bonds. The van der Waals surface area contributed by atoms with Gasteiger partial charge in [-0.05, 0) is 57.8 Å². The number of hydrogen-bond acceptors (Lipinski definition) is 5. The fourth-order valence-corrected chi connectivity index (χ4v) is 2.90. The Kier molecular flexibility index (Phi) is 4.93. The van der Waals surface area contributed by atoms with Crippen LogP contribution in [0.15, 0.2) is 12.1 Å². The van der Waals surface area contributed by atoms with Crippen LogP contribution in [0, 0.1) is 6.92 Å². The van der Waals surface area contributed by atoms with Gasteiger partial charge in [0.15, 0.2) is 5.75 Å². The van der Waals surface area contributed by atoms with Gasteiger partial charge in [0.2, 0.25) is 0 Å². The lowest BCUT2D eigenvalue weighted by Crippen LogP contribution is -2.29. The van der Waals surface area contributed by atoms with Gasteiger partial charge in [0.1, 0.15) is 13.2 Å². The molecule has 21 heavy (non-hydrogen) atoms. The van der Waals surface area contributed by atoms with Gasteiger partial charge in [0.25, 0.3) is 5.88 Å². The standard InChI is InChI=1S/C16H25N3O2/c1-12-6-7-15(20-10-13-4-2-8-17-13)16(19-12)21-11-14-5-3-9-18-14/h6-7,13-14,17-18H,2-5,8-11H2,1H3/t13-,14-/m1/s1. The Morgan fingerprint density at radius 3 is 2.33 bits per heavy atom. The normalized spacial score (nSPS) is 25.2. The Labute approximate surface area is 126 Å². The van der Waals surface area contributed by atoms with Crippen LogP contribution < -0.4 is 20.1 Å². The first-order valence-corrected chi connectivity index (χ1v) is 8.01. The van der Waals surface area contributed by atoms with E-state index in [1.54, 1.807) is 0 Å². The SMILES string of the molecule is Cc1ccc(OC[C@H]2CCCN2)c(OC[C@H]2CCCN2)n1. The zero-order chi connectivity index (χ0) is 14.5. The van der Waals surface area contributed by atoms with Gasteiger partial charge in [-0.2, -0.15) is 0 Å². The van der Waals surface area contributed by atoms with Crippen molar-refractivity contribution < 1.29 is 9.47 Å². The highest BCUT2D eigenvalue weighted by Crippen LogP contribution is 2.26. The predicted molar refractivity (Wildman–Crippen MR) is 82.0 cm³/mol. The van der Waals surface area contributed by atoms with Crippen molar-refractivity contribution in [1.29, 1.82) is 0 Å². The van der Waals surface area contributed by atoms with Crippen molar-refractivity contribution in [3.05, 3.63) is 17.8 Å². The quantitative estimate of drug-likeness (QED) is 0.835. The smallest absolute Gasteiger partial charge is 0.257 e. The summed E-state index contributed by atoms with van der Waals surface area (Å²) in [6.45, 7) is 5.50. The van der Waals surface area contributed by atoms with E-state index < -0.39 is 0 Å². The predicted octanol–water partition coefficient (Wildman–Crippen LogP) is 1.65. The van der Waals surface area contributed by atoms with Gasteiger partial charge in [-0.25, -0.2) is 4.98 Å². The van der Waals surface area contributed by atoms with Crippen LogP contribution in [0.1, 0.15) is 31.4 Å². The van der Waals surface area contributed by atoms with E-state index in [1.165, 1.54) is 25.7 Å². The minimum Gasteiger partial charge on any atom is -0.486 e. The first-order valence-electron chi connectivity index (χ1n) is 8.01. The molecule has 2 saturated heterocycles. The van der Waals surface area contributed by atoms with Crippen molar-refractivity contribution in [3.63, 3.8) is 0 Å². The zero-order valence-electron chi connectivity index (χ0n) is 12.7. The first-order chi connectivity index (χ1) is 10.3. The fourth-order valence-electron chi connectivity index (χ4n) is 2.90. The molecule has 2 atom stereocenters. The number of aromatic nitrogens is 1. The fraction of sp³-hybridized carbons (Fsp3) is 0.688. The summed E-state index contributed by atoms with van der Waals surface area (Å²) in [6.07, 6.45) is 4.82. The average Bonchev–Trinajstić information content (AvgIpc) is 3.17. The molecule has 0 bridgehead atoms. The number of aryl methyl sites for hydroxylation is 1. The summed E-state index contributed by atoms with van der Waals surface area (Å²) in [5.41, 5.74) is 0.954. The molecule has 2 fully saturated rings. The molecule has 116 valence electrons. The number of hydrogen-bond donors (Lipinski definition) is 2. The van der Waals surface area contributed by atoms with Crippen LogP contribution in [0.25, 0.3) is 0 Å². The number of nitrogens with one attached hydrogen (secondary N) is 2. The van der Waals surface area contributed by atoms with Gasteiger partial charge in [-0.3, -0.25) is 0 Å². The van der Waals surface area contributed by atoms with Crippen molar-refractivity contribution in [2.45, 2.75) is 44.7 Å². The topological polar surface area (TPSA) is 55.4 Å². The maximum absolute atomic E-state index is 5.92. The molecule has 2 N–H and O–H groups in total. The molecule has 0 unspecified atom stereocenters. The summed E-state index contributed by atoms with van der Waals surface area (Å²) in [7, 11) is 0. The molecular formula is C16H25N3O2.